The van der Waals surface area contributed by atoms with Crippen molar-refractivity contribution in [3.63, 3.8) is 0 Å². The van der Waals surface area contributed by atoms with Gasteiger partial charge in [-0.3, -0.25) is 0 Å². The van der Waals surface area contributed by atoms with Gasteiger partial charge >= 0.3 is 0 Å². The molecule has 2 nitrogen and oxygen atoms in total. The standard InChI is InChI=1S/C17H26BrNO/c1-2-13-6-8-14(9-7-13)11-19-12-17(20)15-4-3-5-16(18)10-15/h3-5,10,13-14,17,19-20H,2,6-9,11-12H2,1H3. The maximum Gasteiger partial charge on any atom is 0.0914 e. The van der Waals surface area contributed by atoms with E-state index in [-0.39, 0.29) is 0 Å². The van der Waals surface area contributed by atoms with Crippen molar-refractivity contribution in [1.82, 2.24) is 5.32 Å². The van der Waals surface area contributed by atoms with E-state index in [1.165, 1.54) is 32.1 Å². The smallest absolute Gasteiger partial charge is 0.0914 e. The topological polar surface area (TPSA) is 32.3 Å². The van der Waals surface area contributed by atoms with Gasteiger partial charge in [0.15, 0.2) is 0 Å². The number of hydrogen-bond donors (Lipinski definition) is 2. The Morgan fingerprint density at radius 1 is 1.25 bits per heavy atom. The Kier molecular flexibility index (Phi) is 6.53. The SMILES string of the molecule is CCC1CCC(CNCC(O)c2cccc(Br)c2)CC1. The average Bonchev–Trinajstić information content (AvgIpc) is 2.48. The van der Waals surface area contributed by atoms with E-state index in [9.17, 15) is 5.11 Å². The van der Waals surface area contributed by atoms with Crippen molar-refractivity contribution >= 4 is 15.9 Å². The Balaban J connectivity index is 1.68. The van der Waals surface area contributed by atoms with Gasteiger partial charge in [0.1, 0.15) is 0 Å². The third-order valence-electron chi connectivity index (χ3n) is 4.55. The van der Waals surface area contributed by atoms with Gasteiger partial charge in [-0.05, 0) is 48.9 Å². The summed E-state index contributed by atoms with van der Waals surface area (Å²) in [6.45, 7) is 3.99. The van der Waals surface area contributed by atoms with Crippen molar-refractivity contribution < 1.29 is 5.11 Å². The molecule has 0 saturated heterocycles. The molecule has 0 aromatic heterocycles. The first-order valence-electron chi connectivity index (χ1n) is 7.83. The Morgan fingerprint density at radius 3 is 2.60 bits per heavy atom. The van der Waals surface area contributed by atoms with E-state index in [2.05, 4.69) is 28.2 Å². The molecule has 2 N–H and O–H groups in total. The number of halogens is 1. The highest BCUT2D eigenvalue weighted by atomic mass is 79.9. The molecule has 1 aromatic rings. The van der Waals surface area contributed by atoms with Crippen molar-refractivity contribution in [3.8, 4) is 0 Å². The van der Waals surface area contributed by atoms with Crippen LogP contribution in [-0.2, 0) is 0 Å². The van der Waals surface area contributed by atoms with Crippen LogP contribution in [0.5, 0.6) is 0 Å². The molecule has 2 rings (SSSR count). The predicted molar refractivity (Wildman–Crippen MR) is 87.7 cm³/mol. The molecule has 0 amide bonds. The lowest BCUT2D eigenvalue weighted by Gasteiger charge is -2.28. The second-order valence-electron chi connectivity index (χ2n) is 6.02. The first-order valence-corrected chi connectivity index (χ1v) is 8.62. The summed E-state index contributed by atoms with van der Waals surface area (Å²) in [6, 6.07) is 7.91. The third kappa shape index (κ3) is 4.87. The van der Waals surface area contributed by atoms with Gasteiger partial charge in [-0.2, -0.15) is 0 Å². The fourth-order valence-electron chi connectivity index (χ4n) is 3.10. The van der Waals surface area contributed by atoms with Gasteiger partial charge in [0.25, 0.3) is 0 Å². The molecule has 20 heavy (non-hydrogen) atoms. The van der Waals surface area contributed by atoms with Gasteiger partial charge in [0, 0.05) is 11.0 Å². The lowest BCUT2D eigenvalue weighted by molar-refractivity contribution is 0.168. The molecule has 1 unspecified atom stereocenters. The zero-order chi connectivity index (χ0) is 14.4. The molecule has 1 aromatic carbocycles. The minimum atomic E-state index is -0.417. The van der Waals surface area contributed by atoms with Gasteiger partial charge < -0.3 is 10.4 Å². The van der Waals surface area contributed by atoms with Crippen LogP contribution in [0, 0.1) is 11.8 Å². The van der Waals surface area contributed by atoms with Gasteiger partial charge in [-0.15, -0.1) is 0 Å². The fraction of sp³-hybridized carbons (Fsp3) is 0.647. The van der Waals surface area contributed by atoms with Gasteiger partial charge in [-0.1, -0.05) is 54.2 Å². The van der Waals surface area contributed by atoms with Crippen LogP contribution in [-0.4, -0.2) is 18.2 Å². The van der Waals surface area contributed by atoms with Crippen LogP contribution in [0.25, 0.3) is 0 Å². The number of aliphatic hydroxyl groups excluding tert-OH is 1. The highest BCUT2D eigenvalue weighted by molar-refractivity contribution is 9.10. The summed E-state index contributed by atoms with van der Waals surface area (Å²) in [5, 5.41) is 13.6. The van der Waals surface area contributed by atoms with E-state index < -0.39 is 6.10 Å². The molecule has 1 fully saturated rings. The molecule has 1 saturated carbocycles. The number of nitrogens with one attached hydrogen (secondary N) is 1. The summed E-state index contributed by atoms with van der Waals surface area (Å²) in [5.41, 5.74) is 0.974. The van der Waals surface area contributed by atoms with Crippen LogP contribution in [0.3, 0.4) is 0 Å². The highest BCUT2D eigenvalue weighted by Gasteiger charge is 2.19. The van der Waals surface area contributed by atoms with Crippen LogP contribution >= 0.6 is 15.9 Å². The fourth-order valence-corrected chi connectivity index (χ4v) is 3.52. The van der Waals surface area contributed by atoms with Gasteiger partial charge in [-0.25, -0.2) is 0 Å². The Hall–Kier alpha value is -0.380. The summed E-state index contributed by atoms with van der Waals surface area (Å²) >= 11 is 3.44. The molecule has 0 aliphatic heterocycles. The Bertz CT molecular complexity index is 402. The molecular weight excluding hydrogens is 314 g/mol. The van der Waals surface area contributed by atoms with E-state index in [0.29, 0.717) is 6.54 Å². The number of rotatable bonds is 6. The number of hydrogen-bond acceptors (Lipinski definition) is 2. The van der Waals surface area contributed by atoms with Crippen LogP contribution in [0.15, 0.2) is 28.7 Å². The molecule has 0 spiro atoms. The minimum absolute atomic E-state index is 0.417. The first-order chi connectivity index (χ1) is 9.69. The van der Waals surface area contributed by atoms with E-state index in [0.717, 1.165) is 28.4 Å². The summed E-state index contributed by atoms with van der Waals surface area (Å²) in [4.78, 5) is 0. The van der Waals surface area contributed by atoms with E-state index in [1.807, 2.05) is 24.3 Å². The molecule has 1 atom stereocenters. The molecule has 1 aliphatic rings. The first kappa shape index (κ1) is 16.0. The molecule has 3 heteroatoms. The van der Waals surface area contributed by atoms with Crippen LogP contribution in [0.2, 0.25) is 0 Å². The zero-order valence-electron chi connectivity index (χ0n) is 12.3. The zero-order valence-corrected chi connectivity index (χ0v) is 13.9. The van der Waals surface area contributed by atoms with Crippen LogP contribution in [0.1, 0.15) is 50.7 Å². The van der Waals surface area contributed by atoms with Gasteiger partial charge in [0.05, 0.1) is 6.10 Å². The summed E-state index contributed by atoms with van der Waals surface area (Å²) < 4.78 is 1.02. The molecule has 1 aliphatic carbocycles. The minimum Gasteiger partial charge on any atom is -0.387 e. The van der Waals surface area contributed by atoms with E-state index in [1.54, 1.807) is 0 Å². The molecule has 112 valence electrons. The van der Waals surface area contributed by atoms with Crippen LogP contribution in [0.4, 0.5) is 0 Å². The molecule has 0 bridgehead atoms. The second-order valence-corrected chi connectivity index (χ2v) is 6.94. The van der Waals surface area contributed by atoms with Crippen molar-refractivity contribution in [2.24, 2.45) is 11.8 Å². The number of aliphatic hydroxyl groups is 1. The quantitative estimate of drug-likeness (QED) is 0.810. The Morgan fingerprint density at radius 2 is 1.95 bits per heavy atom. The third-order valence-corrected chi connectivity index (χ3v) is 5.04. The van der Waals surface area contributed by atoms with Crippen molar-refractivity contribution in [2.75, 3.05) is 13.1 Å². The highest BCUT2D eigenvalue weighted by Crippen LogP contribution is 2.30. The second kappa shape index (κ2) is 8.16. The maximum absolute atomic E-state index is 10.2. The molecule has 0 radical (unpaired) electrons. The van der Waals surface area contributed by atoms with Crippen molar-refractivity contribution in [1.29, 1.82) is 0 Å². The normalized spacial score (nSPS) is 24.6. The summed E-state index contributed by atoms with van der Waals surface area (Å²) in [7, 11) is 0. The van der Waals surface area contributed by atoms with E-state index >= 15 is 0 Å². The summed E-state index contributed by atoms with van der Waals surface area (Å²) in [6.07, 6.45) is 6.38. The van der Waals surface area contributed by atoms with Crippen LogP contribution < -0.4 is 5.32 Å². The predicted octanol–water partition coefficient (Wildman–Crippen LogP) is 4.29. The van der Waals surface area contributed by atoms with E-state index in [4.69, 9.17) is 0 Å². The summed E-state index contributed by atoms with van der Waals surface area (Å²) in [5.74, 6) is 1.76. The molecular formula is C17H26BrNO. The average molecular weight is 340 g/mol. The maximum atomic E-state index is 10.2. The largest absolute Gasteiger partial charge is 0.387 e. The van der Waals surface area contributed by atoms with Crippen molar-refractivity contribution in [2.45, 2.75) is 45.1 Å². The van der Waals surface area contributed by atoms with Gasteiger partial charge in [0.2, 0.25) is 0 Å². The Labute approximate surface area is 131 Å². The lowest BCUT2D eigenvalue weighted by atomic mass is 9.81. The van der Waals surface area contributed by atoms with Crippen molar-refractivity contribution in [3.05, 3.63) is 34.3 Å². The lowest BCUT2D eigenvalue weighted by Crippen LogP contribution is -2.29. The monoisotopic (exact) mass is 339 g/mol. The molecule has 0 heterocycles. The number of benzene rings is 1.